The van der Waals surface area contributed by atoms with E-state index >= 15 is 0 Å². The molecular weight excluding hydrogens is 200 g/mol. The van der Waals surface area contributed by atoms with Gasteiger partial charge in [-0.15, -0.1) is 0 Å². The second-order valence-electron chi connectivity index (χ2n) is 5.51. The summed E-state index contributed by atoms with van der Waals surface area (Å²) in [7, 11) is 1.80. The monoisotopic (exact) mass is 226 g/mol. The van der Waals surface area contributed by atoms with Gasteiger partial charge in [0.25, 0.3) is 0 Å². The van der Waals surface area contributed by atoms with Gasteiger partial charge in [-0.3, -0.25) is 4.90 Å². The van der Waals surface area contributed by atoms with Crippen molar-refractivity contribution in [2.45, 2.75) is 32.2 Å². The summed E-state index contributed by atoms with van der Waals surface area (Å²) in [5, 5.41) is 0. The van der Waals surface area contributed by atoms with Gasteiger partial charge in [-0.05, 0) is 44.8 Å². The fourth-order valence-corrected chi connectivity index (χ4v) is 3.23. The Hall–Kier alpha value is -0.120. The molecule has 2 aliphatic heterocycles. The highest BCUT2D eigenvalue weighted by molar-refractivity contribution is 4.85. The number of ether oxygens (including phenoxy) is 1. The Morgan fingerprint density at radius 2 is 2.06 bits per heavy atom. The van der Waals surface area contributed by atoms with Crippen LogP contribution in [0.4, 0.5) is 0 Å². The zero-order valence-electron chi connectivity index (χ0n) is 10.8. The molecule has 2 heterocycles. The fourth-order valence-electron chi connectivity index (χ4n) is 3.23. The van der Waals surface area contributed by atoms with E-state index in [1.165, 1.54) is 52.0 Å². The number of hydrogen-bond acceptors (Lipinski definition) is 3. The maximum Gasteiger partial charge on any atom is 0.0500 e. The van der Waals surface area contributed by atoms with Crippen LogP contribution in [-0.4, -0.2) is 62.3 Å². The number of hydrogen-bond donors (Lipinski definition) is 0. The quantitative estimate of drug-likeness (QED) is 0.721. The molecule has 0 aromatic heterocycles. The van der Waals surface area contributed by atoms with Crippen molar-refractivity contribution in [2.75, 3.05) is 46.4 Å². The Kier molecular flexibility index (Phi) is 4.62. The third-order valence-corrected chi connectivity index (χ3v) is 3.91. The first kappa shape index (κ1) is 12.3. The van der Waals surface area contributed by atoms with Crippen LogP contribution in [0.15, 0.2) is 0 Å². The SMILES string of the molecule is COCC(C)CN1CCCN2CCCC2C1. The molecule has 0 aromatic carbocycles. The van der Waals surface area contributed by atoms with Gasteiger partial charge in [-0.1, -0.05) is 6.92 Å². The first-order valence-corrected chi connectivity index (χ1v) is 6.75. The summed E-state index contributed by atoms with van der Waals surface area (Å²) in [6, 6.07) is 0.845. The van der Waals surface area contributed by atoms with Gasteiger partial charge < -0.3 is 9.64 Å². The Balaban J connectivity index is 1.81. The van der Waals surface area contributed by atoms with Gasteiger partial charge in [0.15, 0.2) is 0 Å². The standard InChI is InChI=1S/C13H26N2O/c1-12(11-16-2)9-14-6-4-8-15-7-3-5-13(15)10-14/h12-13H,3-11H2,1-2H3. The van der Waals surface area contributed by atoms with Crippen molar-refractivity contribution in [3.05, 3.63) is 0 Å². The summed E-state index contributed by atoms with van der Waals surface area (Å²) in [5.74, 6) is 0.665. The number of methoxy groups -OCH3 is 1. The van der Waals surface area contributed by atoms with Gasteiger partial charge in [-0.25, -0.2) is 0 Å². The van der Waals surface area contributed by atoms with Gasteiger partial charge in [0.1, 0.15) is 0 Å². The minimum Gasteiger partial charge on any atom is -0.384 e. The highest BCUT2D eigenvalue weighted by Gasteiger charge is 2.28. The zero-order valence-corrected chi connectivity index (χ0v) is 10.8. The lowest BCUT2D eigenvalue weighted by Crippen LogP contribution is -2.38. The van der Waals surface area contributed by atoms with Crippen molar-refractivity contribution in [2.24, 2.45) is 5.92 Å². The van der Waals surface area contributed by atoms with E-state index in [1.807, 2.05) is 0 Å². The van der Waals surface area contributed by atoms with Gasteiger partial charge in [0, 0.05) is 32.8 Å². The van der Waals surface area contributed by atoms with Crippen molar-refractivity contribution in [1.29, 1.82) is 0 Å². The van der Waals surface area contributed by atoms with Crippen molar-refractivity contribution in [1.82, 2.24) is 9.80 Å². The van der Waals surface area contributed by atoms with E-state index in [2.05, 4.69) is 16.7 Å². The molecule has 94 valence electrons. The van der Waals surface area contributed by atoms with Crippen molar-refractivity contribution in [3.63, 3.8) is 0 Å². The van der Waals surface area contributed by atoms with E-state index < -0.39 is 0 Å². The Morgan fingerprint density at radius 1 is 1.25 bits per heavy atom. The summed E-state index contributed by atoms with van der Waals surface area (Å²) in [5.41, 5.74) is 0. The molecule has 0 saturated carbocycles. The van der Waals surface area contributed by atoms with E-state index in [9.17, 15) is 0 Å². The van der Waals surface area contributed by atoms with E-state index in [0.717, 1.165) is 12.6 Å². The molecule has 2 unspecified atom stereocenters. The molecule has 0 N–H and O–H groups in total. The maximum absolute atomic E-state index is 5.23. The normalized spacial score (nSPS) is 30.0. The molecule has 2 aliphatic rings. The molecule has 0 amide bonds. The fraction of sp³-hybridized carbons (Fsp3) is 1.00. The lowest BCUT2D eigenvalue weighted by atomic mass is 10.1. The second-order valence-corrected chi connectivity index (χ2v) is 5.51. The lowest BCUT2D eigenvalue weighted by molar-refractivity contribution is 0.125. The first-order chi connectivity index (χ1) is 7.79. The molecule has 0 spiro atoms. The minimum atomic E-state index is 0.665. The van der Waals surface area contributed by atoms with Crippen LogP contribution in [0.2, 0.25) is 0 Å². The van der Waals surface area contributed by atoms with Crippen LogP contribution >= 0.6 is 0 Å². The lowest BCUT2D eigenvalue weighted by Gasteiger charge is -2.27. The van der Waals surface area contributed by atoms with Crippen LogP contribution < -0.4 is 0 Å². The highest BCUT2D eigenvalue weighted by Crippen LogP contribution is 2.21. The molecule has 3 heteroatoms. The topological polar surface area (TPSA) is 15.7 Å². The number of fused-ring (bicyclic) bond motifs is 1. The van der Waals surface area contributed by atoms with Gasteiger partial charge >= 0.3 is 0 Å². The van der Waals surface area contributed by atoms with Crippen molar-refractivity contribution in [3.8, 4) is 0 Å². The predicted octanol–water partition coefficient (Wildman–Crippen LogP) is 1.44. The van der Waals surface area contributed by atoms with Gasteiger partial charge in [0.2, 0.25) is 0 Å². The van der Waals surface area contributed by atoms with Crippen LogP contribution in [0.25, 0.3) is 0 Å². The Labute approximate surface area is 99.7 Å². The molecule has 16 heavy (non-hydrogen) atoms. The molecule has 2 atom stereocenters. The largest absolute Gasteiger partial charge is 0.384 e. The molecule has 0 bridgehead atoms. The molecule has 2 fully saturated rings. The summed E-state index contributed by atoms with van der Waals surface area (Å²) >= 11 is 0. The maximum atomic E-state index is 5.23. The Morgan fingerprint density at radius 3 is 2.88 bits per heavy atom. The Bertz CT molecular complexity index is 210. The second kappa shape index (κ2) is 5.99. The third kappa shape index (κ3) is 3.19. The highest BCUT2D eigenvalue weighted by atomic mass is 16.5. The molecule has 0 radical (unpaired) electrons. The van der Waals surface area contributed by atoms with E-state index in [0.29, 0.717) is 5.92 Å². The molecule has 2 rings (SSSR count). The van der Waals surface area contributed by atoms with E-state index in [-0.39, 0.29) is 0 Å². The molecule has 3 nitrogen and oxygen atoms in total. The van der Waals surface area contributed by atoms with Crippen LogP contribution in [0, 0.1) is 5.92 Å². The number of nitrogens with zero attached hydrogens (tertiary/aromatic N) is 2. The summed E-state index contributed by atoms with van der Waals surface area (Å²) in [6.07, 6.45) is 4.16. The number of rotatable bonds is 4. The third-order valence-electron chi connectivity index (χ3n) is 3.91. The minimum absolute atomic E-state index is 0.665. The average Bonchev–Trinajstić information content (AvgIpc) is 2.58. The van der Waals surface area contributed by atoms with Crippen LogP contribution in [0.3, 0.4) is 0 Å². The summed E-state index contributed by atoms with van der Waals surface area (Å²) < 4.78 is 5.23. The first-order valence-electron chi connectivity index (χ1n) is 6.75. The molecule has 0 aliphatic carbocycles. The van der Waals surface area contributed by atoms with Crippen LogP contribution in [0.5, 0.6) is 0 Å². The van der Waals surface area contributed by atoms with Crippen molar-refractivity contribution < 1.29 is 4.74 Å². The average molecular weight is 226 g/mol. The smallest absolute Gasteiger partial charge is 0.0500 e. The van der Waals surface area contributed by atoms with Gasteiger partial charge in [-0.2, -0.15) is 0 Å². The molecule has 0 aromatic rings. The molecular formula is C13H26N2O. The summed E-state index contributed by atoms with van der Waals surface area (Å²) in [4.78, 5) is 5.35. The van der Waals surface area contributed by atoms with Gasteiger partial charge in [0.05, 0.1) is 0 Å². The predicted molar refractivity (Wildman–Crippen MR) is 66.7 cm³/mol. The zero-order chi connectivity index (χ0) is 11.4. The summed E-state index contributed by atoms with van der Waals surface area (Å²) in [6.45, 7) is 9.62. The van der Waals surface area contributed by atoms with E-state index in [4.69, 9.17) is 4.74 Å². The molecule has 2 saturated heterocycles. The van der Waals surface area contributed by atoms with Crippen LogP contribution in [0.1, 0.15) is 26.2 Å². The van der Waals surface area contributed by atoms with E-state index in [1.54, 1.807) is 7.11 Å². The van der Waals surface area contributed by atoms with Crippen LogP contribution in [-0.2, 0) is 4.74 Å². The van der Waals surface area contributed by atoms with Crippen molar-refractivity contribution >= 4 is 0 Å².